The van der Waals surface area contributed by atoms with Crippen LogP contribution in [0.1, 0.15) is 19.8 Å². The fraction of sp³-hybridized carbons (Fsp3) is 0.875. The molecule has 0 saturated carbocycles. The predicted molar refractivity (Wildman–Crippen MR) is 135 cm³/mol. The maximum atomic E-state index is 12.3. The SMILES string of the molecule is CC(=O)N[C@@H]1[C@@H](O)[C@H](O)[C@@H](CO[C@]2(C(=O)O)CC(O)[C@@H](O)[C@@H]([C@H](O)CO[C@]3(C(=O)O)C[C@@H](O)[C@@H](O)[C@@H]([C@H](O)CO)O3)O2)O[C@H]1O. The number of rotatable bonds is 12. The third kappa shape index (κ3) is 7.86. The van der Waals surface area contributed by atoms with Gasteiger partial charge in [-0.2, -0.15) is 0 Å². The van der Waals surface area contributed by atoms with Gasteiger partial charge < -0.3 is 90.3 Å². The van der Waals surface area contributed by atoms with Crippen molar-refractivity contribution >= 4 is 17.8 Å². The molecule has 3 saturated heterocycles. The molecule has 1 unspecified atom stereocenters. The number of amides is 1. The second-order valence-corrected chi connectivity index (χ2v) is 11.0. The summed E-state index contributed by atoms with van der Waals surface area (Å²) in [6.45, 7) is -2.01. The van der Waals surface area contributed by atoms with Crippen LogP contribution in [0.3, 0.4) is 0 Å². The highest BCUT2D eigenvalue weighted by Crippen LogP contribution is 2.36. The van der Waals surface area contributed by atoms with E-state index in [2.05, 4.69) is 5.32 Å². The van der Waals surface area contributed by atoms with E-state index in [1.54, 1.807) is 0 Å². The van der Waals surface area contributed by atoms with Crippen molar-refractivity contribution in [1.29, 1.82) is 0 Å². The third-order valence-electron chi connectivity index (χ3n) is 7.73. The van der Waals surface area contributed by atoms with Crippen molar-refractivity contribution in [2.45, 2.75) is 111 Å². The smallest absolute Gasteiger partial charge is 0.364 e. The second-order valence-electron chi connectivity index (χ2n) is 11.0. The van der Waals surface area contributed by atoms with Crippen molar-refractivity contribution in [3.63, 3.8) is 0 Å². The molecule has 13 N–H and O–H groups in total. The topological polar surface area (TPSA) is 352 Å². The van der Waals surface area contributed by atoms with Gasteiger partial charge in [0.15, 0.2) is 6.29 Å². The van der Waals surface area contributed by atoms with Crippen LogP contribution < -0.4 is 5.32 Å². The third-order valence-corrected chi connectivity index (χ3v) is 7.73. The summed E-state index contributed by atoms with van der Waals surface area (Å²) in [6.07, 6.45) is -24.8. The average molecular weight is 662 g/mol. The van der Waals surface area contributed by atoms with Gasteiger partial charge in [-0.1, -0.05) is 0 Å². The summed E-state index contributed by atoms with van der Waals surface area (Å²) in [5.74, 6) is -10.2. The van der Waals surface area contributed by atoms with Crippen LogP contribution in [0.5, 0.6) is 0 Å². The van der Waals surface area contributed by atoms with Crippen molar-refractivity contribution in [3.8, 4) is 0 Å². The Morgan fingerprint density at radius 3 is 1.76 bits per heavy atom. The molecule has 21 nitrogen and oxygen atoms in total. The number of carbonyl (C=O) groups excluding carboxylic acids is 1. The van der Waals surface area contributed by atoms with E-state index in [9.17, 15) is 75.7 Å². The van der Waals surface area contributed by atoms with Crippen molar-refractivity contribution < 1.29 is 99.3 Å². The molecule has 3 fully saturated rings. The Morgan fingerprint density at radius 2 is 1.29 bits per heavy atom. The van der Waals surface area contributed by atoms with Gasteiger partial charge in [0.1, 0.15) is 61.0 Å². The lowest BCUT2D eigenvalue weighted by Gasteiger charge is -2.46. The molecular formula is C24H39NO20. The number of aliphatic hydroxyl groups excluding tert-OH is 10. The standard InChI is InChI=1S/C24H39NO20/c1-7(27)25-13-17(35)16(34)12(43-20(13)36)6-42-24(22(39)40)3-9(29)15(33)19(45-24)11(31)5-41-23(21(37)38)2-8(28)14(32)18(44-23)10(30)4-26/h8-20,26,28-36H,2-6H2,1H3,(H,25,27)(H,37,38)(H,39,40)/t8-,9?,10-,11-,12-,13-,14-,15-,16-,17-,18-,19-,20-,23-,24-/m1/s1. The van der Waals surface area contributed by atoms with Gasteiger partial charge in [0, 0.05) is 19.8 Å². The Labute approximate surface area is 253 Å². The minimum absolute atomic E-state index is 0.675. The summed E-state index contributed by atoms with van der Waals surface area (Å²) >= 11 is 0. The lowest BCUT2D eigenvalue weighted by molar-refractivity contribution is -0.349. The Kier molecular flexibility index (Phi) is 12.2. The summed E-state index contributed by atoms with van der Waals surface area (Å²) in [7, 11) is 0. The first-order valence-electron chi connectivity index (χ1n) is 13.7. The quantitative estimate of drug-likeness (QED) is 0.0923. The zero-order valence-corrected chi connectivity index (χ0v) is 23.7. The summed E-state index contributed by atoms with van der Waals surface area (Å²) < 4.78 is 26.2. The maximum absolute atomic E-state index is 12.3. The number of carboxylic acid groups (broad SMARTS) is 2. The van der Waals surface area contributed by atoms with E-state index in [1.807, 2.05) is 0 Å². The van der Waals surface area contributed by atoms with E-state index in [-0.39, 0.29) is 0 Å². The van der Waals surface area contributed by atoms with Crippen molar-refractivity contribution in [3.05, 3.63) is 0 Å². The van der Waals surface area contributed by atoms with E-state index >= 15 is 0 Å². The normalized spacial score (nSPS) is 43.7. The molecule has 0 aliphatic carbocycles. The van der Waals surface area contributed by atoms with Crippen LogP contribution in [0.25, 0.3) is 0 Å². The molecule has 0 aromatic carbocycles. The number of hydrogen-bond acceptors (Lipinski definition) is 18. The molecule has 21 heteroatoms. The van der Waals surface area contributed by atoms with Crippen molar-refractivity contribution in [1.82, 2.24) is 5.32 Å². The fourth-order valence-electron chi connectivity index (χ4n) is 5.21. The van der Waals surface area contributed by atoms with E-state index < -0.39 is 142 Å². The van der Waals surface area contributed by atoms with E-state index in [4.69, 9.17) is 23.7 Å². The number of carbonyl (C=O) groups is 3. The minimum atomic E-state index is -2.87. The summed E-state index contributed by atoms with van der Waals surface area (Å²) in [5.41, 5.74) is 0. The second kappa shape index (κ2) is 14.7. The number of hydrogen-bond donors (Lipinski definition) is 13. The van der Waals surface area contributed by atoms with Crippen LogP contribution in [0.2, 0.25) is 0 Å². The Morgan fingerprint density at radius 1 is 0.800 bits per heavy atom. The van der Waals surface area contributed by atoms with Gasteiger partial charge in [-0.25, -0.2) is 9.59 Å². The first-order valence-corrected chi connectivity index (χ1v) is 13.7. The van der Waals surface area contributed by atoms with Gasteiger partial charge in [0.05, 0.1) is 32.0 Å². The molecule has 15 atom stereocenters. The molecule has 0 spiro atoms. The van der Waals surface area contributed by atoms with Crippen molar-refractivity contribution in [2.24, 2.45) is 0 Å². The molecular weight excluding hydrogens is 622 g/mol. The highest BCUT2D eigenvalue weighted by molar-refractivity contribution is 5.76. The van der Waals surface area contributed by atoms with Crippen molar-refractivity contribution in [2.75, 3.05) is 19.8 Å². The molecule has 0 aromatic heterocycles. The predicted octanol–water partition coefficient (Wildman–Crippen LogP) is -7.74. The highest BCUT2D eigenvalue weighted by Gasteiger charge is 2.58. The molecule has 3 rings (SSSR count). The Balaban J connectivity index is 1.76. The molecule has 260 valence electrons. The molecule has 1 amide bonds. The Bertz CT molecular complexity index is 1050. The summed E-state index contributed by atoms with van der Waals surface area (Å²) in [5, 5.41) is 124. The van der Waals surface area contributed by atoms with Crippen LogP contribution in [-0.4, -0.2) is 190 Å². The molecule has 3 aliphatic rings. The van der Waals surface area contributed by atoms with Gasteiger partial charge in [0.2, 0.25) is 5.91 Å². The number of aliphatic hydroxyl groups is 10. The monoisotopic (exact) mass is 661 g/mol. The van der Waals surface area contributed by atoms with Crippen LogP contribution in [0.15, 0.2) is 0 Å². The van der Waals surface area contributed by atoms with Crippen LogP contribution in [-0.2, 0) is 38.1 Å². The van der Waals surface area contributed by atoms with Crippen LogP contribution >= 0.6 is 0 Å². The summed E-state index contributed by atoms with van der Waals surface area (Å²) in [4.78, 5) is 35.7. The summed E-state index contributed by atoms with van der Waals surface area (Å²) in [6, 6.07) is -1.46. The lowest BCUT2D eigenvalue weighted by atomic mass is 9.91. The number of carboxylic acids is 2. The van der Waals surface area contributed by atoms with Crippen LogP contribution in [0.4, 0.5) is 0 Å². The zero-order valence-electron chi connectivity index (χ0n) is 23.7. The first-order chi connectivity index (χ1) is 20.9. The molecule has 3 aliphatic heterocycles. The van der Waals surface area contributed by atoms with E-state index in [0.717, 1.165) is 6.92 Å². The largest absolute Gasteiger partial charge is 0.477 e. The van der Waals surface area contributed by atoms with Gasteiger partial charge in [-0.05, 0) is 0 Å². The lowest BCUT2D eigenvalue weighted by Crippen LogP contribution is -2.66. The molecule has 0 radical (unpaired) electrons. The fourth-order valence-corrected chi connectivity index (χ4v) is 5.21. The van der Waals surface area contributed by atoms with Gasteiger partial charge >= 0.3 is 11.9 Å². The Hall–Kier alpha value is -2.19. The number of ether oxygens (including phenoxy) is 5. The van der Waals surface area contributed by atoms with Crippen LogP contribution in [0, 0.1) is 0 Å². The minimum Gasteiger partial charge on any atom is -0.477 e. The van der Waals surface area contributed by atoms with Gasteiger partial charge in [-0.15, -0.1) is 0 Å². The average Bonchev–Trinajstić information content (AvgIpc) is 2.97. The highest BCUT2D eigenvalue weighted by atomic mass is 16.8. The molecule has 0 bridgehead atoms. The molecule has 0 aromatic rings. The van der Waals surface area contributed by atoms with Gasteiger partial charge in [0.25, 0.3) is 11.6 Å². The number of aliphatic carboxylic acids is 2. The zero-order chi connectivity index (χ0) is 34.0. The molecule has 45 heavy (non-hydrogen) atoms. The van der Waals surface area contributed by atoms with Gasteiger partial charge in [-0.3, -0.25) is 4.79 Å². The van der Waals surface area contributed by atoms with E-state index in [1.165, 1.54) is 0 Å². The number of nitrogens with one attached hydrogen (secondary N) is 1. The first kappa shape index (κ1) is 37.3. The molecule has 3 heterocycles. The van der Waals surface area contributed by atoms with E-state index in [0.29, 0.717) is 0 Å². The maximum Gasteiger partial charge on any atom is 0.364 e.